The van der Waals surface area contributed by atoms with E-state index in [1.54, 1.807) is 24.3 Å². The molecule has 1 fully saturated rings. The molecule has 31 heavy (non-hydrogen) atoms. The van der Waals surface area contributed by atoms with Crippen molar-refractivity contribution in [2.24, 2.45) is 5.92 Å². The summed E-state index contributed by atoms with van der Waals surface area (Å²) < 4.78 is 15.8. The number of aromatic nitrogens is 4. The van der Waals surface area contributed by atoms with Gasteiger partial charge in [-0.2, -0.15) is 9.97 Å². The first-order valence-corrected chi connectivity index (χ1v) is 10.00. The summed E-state index contributed by atoms with van der Waals surface area (Å²) in [7, 11) is 1.61. The fourth-order valence-electron chi connectivity index (χ4n) is 3.27. The van der Waals surface area contributed by atoms with E-state index in [-0.39, 0.29) is 18.0 Å². The Morgan fingerprint density at radius 1 is 1.16 bits per heavy atom. The lowest BCUT2D eigenvalue weighted by Crippen LogP contribution is -2.37. The van der Waals surface area contributed by atoms with Gasteiger partial charge in [0.1, 0.15) is 24.2 Å². The van der Waals surface area contributed by atoms with Gasteiger partial charge in [0.15, 0.2) is 0 Å². The molecule has 2 aromatic heterocycles. The van der Waals surface area contributed by atoms with Gasteiger partial charge in [0.05, 0.1) is 13.2 Å². The van der Waals surface area contributed by atoms with E-state index in [9.17, 15) is 4.79 Å². The second-order valence-electron chi connectivity index (χ2n) is 7.55. The summed E-state index contributed by atoms with van der Waals surface area (Å²) in [5.41, 5.74) is 0.813. The van der Waals surface area contributed by atoms with Crippen LogP contribution in [0.25, 0.3) is 11.4 Å². The minimum Gasteiger partial charge on any atom is -0.497 e. The first-order valence-electron chi connectivity index (χ1n) is 10.00. The van der Waals surface area contributed by atoms with Crippen LogP contribution in [0, 0.1) is 5.92 Å². The molecule has 1 aliphatic rings. The summed E-state index contributed by atoms with van der Waals surface area (Å²) in [4.78, 5) is 27.0. The Hall–Kier alpha value is -3.69. The molecule has 4 rings (SSSR count). The van der Waals surface area contributed by atoms with E-state index < -0.39 is 6.09 Å². The molecule has 0 spiro atoms. The summed E-state index contributed by atoms with van der Waals surface area (Å²) in [6.07, 6.45) is 1.19. The second-order valence-corrected chi connectivity index (χ2v) is 7.55. The fraction of sp³-hybridized carbons (Fsp3) is 0.381. The number of rotatable bonds is 7. The SMILES string of the molecule is COc1ccc(-c2noc([C@@H](C)Nc3nccc(N4C(=O)OCC4C(C)C)n3)n2)cc1. The minimum atomic E-state index is -0.405. The Balaban J connectivity index is 1.49. The number of methoxy groups -OCH3 is 1. The monoisotopic (exact) mass is 424 g/mol. The molecule has 2 atom stereocenters. The first kappa shape index (κ1) is 20.6. The number of amides is 1. The summed E-state index contributed by atoms with van der Waals surface area (Å²) in [5.74, 6) is 2.67. The Bertz CT molecular complexity index is 1050. The van der Waals surface area contributed by atoms with Crippen LogP contribution in [-0.4, -0.2) is 46.0 Å². The van der Waals surface area contributed by atoms with E-state index >= 15 is 0 Å². The van der Waals surface area contributed by atoms with E-state index in [0.717, 1.165) is 11.3 Å². The molecule has 1 amide bonds. The Labute approximate surface area is 179 Å². The molecule has 1 unspecified atom stereocenters. The van der Waals surface area contributed by atoms with Crippen molar-refractivity contribution in [2.45, 2.75) is 32.9 Å². The van der Waals surface area contributed by atoms with Crippen LogP contribution in [0.4, 0.5) is 16.6 Å². The third-order valence-electron chi connectivity index (χ3n) is 5.07. The van der Waals surface area contributed by atoms with Crippen LogP contribution in [0.5, 0.6) is 5.75 Å². The van der Waals surface area contributed by atoms with Crippen molar-refractivity contribution < 1.29 is 18.8 Å². The number of hydrogen-bond acceptors (Lipinski definition) is 9. The van der Waals surface area contributed by atoms with E-state index in [0.29, 0.717) is 30.1 Å². The van der Waals surface area contributed by atoms with Crippen LogP contribution in [-0.2, 0) is 4.74 Å². The second kappa shape index (κ2) is 8.58. The molecule has 162 valence electrons. The highest BCUT2D eigenvalue weighted by molar-refractivity contribution is 5.89. The van der Waals surface area contributed by atoms with Gasteiger partial charge in [0, 0.05) is 11.8 Å². The van der Waals surface area contributed by atoms with Gasteiger partial charge >= 0.3 is 6.09 Å². The highest BCUT2D eigenvalue weighted by Crippen LogP contribution is 2.27. The molecule has 0 bridgehead atoms. The molecular formula is C21H24N6O4. The van der Waals surface area contributed by atoms with Gasteiger partial charge in [-0.15, -0.1) is 0 Å². The van der Waals surface area contributed by atoms with Crippen LogP contribution in [0.1, 0.15) is 32.7 Å². The average molecular weight is 424 g/mol. The van der Waals surface area contributed by atoms with Crippen LogP contribution < -0.4 is 15.0 Å². The zero-order valence-electron chi connectivity index (χ0n) is 17.8. The van der Waals surface area contributed by atoms with Crippen molar-refractivity contribution in [1.82, 2.24) is 20.1 Å². The number of nitrogens with one attached hydrogen (secondary N) is 1. The van der Waals surface area contributed by atoms with E-state index in [1.165, 1.54) is 0 Å². The number of benzene rings is 1. The van der Waals surface area contributed by atoms with Gasteiger partial charge in [0.2, 0.25) is 17.7 Å². The molecule has 3 heterocycles. The van der Waals surface area contributed by atoms with Gasteiger partial charge in [-0.1, -0.05) is 19.0 Å². The number of cyclic esters (lactones) is 1. The predicted molar refractivity (Wildman–Crippen MR) is 113 cm³/mol. The largest absolute Gasteiger partial charge is 0.497 e. The third-order valence-corrected chi connectivity index (χ3v) is 5.07. The van der Waals surface area contributed by atoms with Crippen LogP contribution in [0.15, 0.2) is 41.1 Å². The Morgan fingerprint density at radius 2 is 1.94 bits per heavy atom. The molecule has 1 saturated heterocycles. The molecule has 1 aromatic carbocycles. The lowest BCUT2D eigenvalue weighted by molar-refractivity contribution is 0.177. The Morgan fingerprint density at radius 3 is 2.65 bits per heavy atom. The number of carbonyl (C=O) groups is 1. The van der Waals surface area contributed by atoms with Crippen molar-refractivity contribution >= 4 is 17.9 Å². The molecule has 0 aliphatic carbocycles. The highest BCUT2D eigenvalue weighted by atomic mass is 16.6. The number of hydrogen-bond donors (Lipinski definition) is 1. The van der Waals surface area contributed by atoms with Gasteiger partial charge in [-0.05, 0) is 43.2 Å². The number of ether oxygens (including phenoxy) is 2. The standard InChI is InChI=1S/C21H24N6O4/c1-12(2)16-11-30-21(28)27(16)17-9-10-22-20(24-17)23-13(3)19-25-18(26-31-19)14-5-7-15(29-4)8-6-14/h5-10,12-13,16H,11H2,1-4H3,(H,22,23,24)/t13-,16?/m1/s1. The van der Waals surface area contributed by atoms with Crippen molar-refractivity contribution in [1.29, 1.82) is 0 Å². The number of nitrogens with zero attached hydrogens (tertiary/aromatic N) is 5. The zero-order valence-corrected chi connectivity index (χ0v) is 17.8. The number of anilines is 2. The summed E-state index contributed by atoms with van der Waals surface area (Å²) in [6, 6.07) is 8.65. The van der Waals surface area contributed by atoms with Crippen molar-refractivity contribution in [3.8, 4) is 17.1 Å². The van der Waals surface area contributed by atoms with Crippen LogP contribution in [0.3, 0.4) is 0 Å². The maximum absolute atomic E-state index is 12.2. The molecule has 0 saturated carbocycles. The third kappa shape index (κ3) is 4.27. The molecule has 10 nitrogen and oxygen atoms in total. The molecular weight excluding hydrogens is 400 g/mol. The van der Waals surface area contributed by atoms with Crippen molar-refractivity contribution in [3.63, 3.8) is 0 Å². The lowest BCUT2D eigenvalue weighted by atomic mass is 10.0. The maximum Gasteiger partial charge on any atom is 0.415 e. The molecule has 1 N–H and O–H groups in total. The Kier molecular flexibility index (Phi) is 5.70. The number of carbonyl (C=O) groups excluding carboxylic acids is 1. The van der Waals surface area contributed by atoms with Gasteiger partial charge in [-0.3, -0.25) is 4.90 Å². The smallest absolute Gasteiger partial charge is 0.415 e. The summed E-state index contributed by atoms with van der Waals surface area (Å²) in [5, 5.41) is 7.19. The van der Waals surface area contributed by atoms with E-state index in [1.807, 2.05) is 45.0 Å². The molecule has 10 heteroatoms. The molecule has 1 aliphatic heterocycles. The maximum atomic E-state index is 12.2. The molecule has 3 aromatic rings. The normalized spacial score (nSPS) is 17.0. The minimum absolute atomic E-state index is 0.0735. The van der Waals surface area contributed by atoms with Crippen LogP contribution in [0.2, 0.25) is 0 Å². The van der Waals surface area contributed by atoms with Gasteiger partial charge < -0.3 is 19.3 Å². The highest BCUT2D eigenvalue weighted by Gasteiger charge is 2.37. The zero-order chi connectivity index (χ0) is 22.0. The topological polar surface area (TPSA) is 116 Å². The van der Waals surface area contributed by atoms with Gasteiger partial charge in [-0.25, -0.2) is 9.78 Å². The molecule has 0 radical (unpaired) electrons. The van der Waals surface area contributed by atoms with Gasteiger partial charge in [0.25, 0.3) is 0 Å². The first-order chi connectivity index (χ1) is 15.0. The summed E-state index contributed by atoms with van der Waals surface area (Å²) >= 11 is 0. The fourth-order valence-corrected chi connectivity index (χ4v) is 3.27. The van der Waals surface area contributed by atoms with Crippen LogP contribution >= 0.6 is 0 Å². The van der Waals surface area contributed by atoms with Crippen molar-refractivity contribution in [3.05, 3.63) is 42.4 Å². The average Bonchev–Trinajstić information content (AvgIpc) is 3.41. The van der Waals surface area contributed by atoms with E-state index in [4.69, 9.17) is 14.0 Å². The van der Waals surface area contributed by atoms with E-state index in [2.05, 4.69) is 25.4 Å². The lowest BCUT2D eigenvalue weighted by Gasteiger charge is -2.23. The quantitative estimate of drug-likeness (QED) is 0.606. The summed E-state index contributed by atoms with van der Waals surface area (Å²) in [6.45, 7) is 6.29. The predicted octanol–water partition coefficient (Wildman–Crippen LogP) is 3.69. The van der Waals surface area contributed by atoms with Crippen molar-refractivity contribution in [2.75, 3.05) is 23.9 Å².